The minimum atomic E-state index is 0.0238. The summed E-state index contributed by atoms with van der Waals surface area (Å²) in [5, 5.41) is 0. The Morgan fingerprint density at radius 2 is 2.20 bits per heavy atom. The monoisotopic (exact) mass is 270 g/mol. The van der Waals surface area contributed by atoms with Crippen molar-refractivity contribution in [3.63, 3.8) is 0 Å². The number of amides is 1. The zero-order chi connectivity index (χ0) is 14.1. The Hall–Kier alpha value is -2.30. The summed E-state index contributed by atoms with van der Waals surface area (Å²) in [5.41, 5.74) is 8.33. The van der Waals surface area contributed by atoms with Crippen molar-refractivity contribution in [3.8, 4) is 0 Å². The largest absolute Gasteiger partial charge is 0.398 e. The van der Waals surface area contributed by atoms with E-state index in [9.17, 15) is 4.79 Å². The highest BCUT2D eigenvalue weighted by atomic mass is 16.2. The van der Waals surface area contributed by atoms with Crippen molar-refractivity contribution in [1.82, 2.24) is 14.5 Å². The van der Waals surface area contributed by atoms with Gasteiger partial charge in [0.2, 0.25) is 0 Å². The maximum atomic E-state index is 12.6. The lowest BCUT2D eigenvalue weighted by molar-refractivity contribution is 0.0720. The van der Waals surface area contributed by atoms with Crippen LogP contribution in [0, 0.1) is 0 Å². The zero-order valence-corrected chi connectivity index (χ0v) is 11.5. The van der Waals surface area contributed by atoms with Crippen molar-refractivity contribution in [2.24, 2.45) is 7.05 Å². The molecule has 3 rings (SSSR count). The normalized spacial score (nSPS) is 14.2. The van der Waals surface area contributed by atoms with Crippen LogP contribution in [0.25, 0.3) is 0 Å². The Kier molecular flexibility index (Phi) is 3.18. The van der Waals surface area contributed by atoms with Crippen molar-refractivity contribution in [3.05, 3.63) is 48.0 Å². The maximum Gasteiger partial charge on any atom is 0.272 e. The Labute approximate surface area is 118 Å². The van der Waals surface area contributed by atoms with E-state index in [0.29, 0.717) is 18.3 Å². The molecule has 0 atom stereocenters. The van der Waals surface area contributed by atoms with Gasteiger partial charge in [-0.15, -0.1) is 0 Å². The second kappa shape index (κ2) is 5.00. The molecule has 0 aliphatic heterocycles. The quantitative estimate of drug-likeness (QED) is 0.862. The van der Waals surface area contributed by atoms with Crippen LogP contribution in [0.5, 0.6) is 0 Å². The minimum Gasteiger partial charge on any atom is -0.398 e. The molecule has 2 aromatic rings. The van der Waals surface area contributed by atoms with E-state index < -0.39 is 0 Å². The summed E-state index contributed by atoms with van der Waals surface area (Å²) in [5.74, 6) is 0.0238. The first kappa shape index (κ1) is 12.7. The fourth-order valence-electron chi connectivity index (χ4n) is 2.33. The predicted molar refractivity (Wildman–Crippen MR) is 77.0 cm³/mol. The van der Waals surface area contributed by atoms with Gasteiger partial charge in [-0.3, -0.25) is 4.79 Å². The molecule has 0 spiro atoms. The summed E-state index contributed by atoms with van der Waals surface area (Å²) in [6, 6.07) is 8.03. The van der Waals surface area contributed by atoms with Crippen molar-refractivity contribution in [2.75, 3.05) is 5.73 Å². The minimum absolute atomic E-state index is 0.0238. The third-order valence-electron chi connectivity index (χ3n) is 3.68. The highest BCUT2D eigenvalue weighted by molar-refractivity contribution is 5.92. The van der Waals surface area contributed by atoms with Crippen LogP contribution in [0.4, 0.5) is 5.69 Å². The molecule has 1 amide bonds. The average molecular weight is 270 g/mol. The summed E-state index contributed by atoms with van der Waals surface area (Å²) in [7, 11) is 1.84. The summed E-state index contributed by atoms with van der Waals surface area (Å²) in [6.07, 6.45) is 5.40. The molecule has 2 N–H and O–H groups in total. The third-order valence-corrected chi connectivity index (χ3v) is 3.68. The molecule has 1 aliphatic rings. The van der Waals surface area contributed by atoms with Crippen molar-refractivity contribution >= 4 is 11.6 Å². The van der Waals surface area contributed by atoms with Gasteiger partial charge in [-0.05, 0) is 24.5 Å². The van der Waals surface area contributed by atoms with Gasteiger partial charge in [-0.25, -0.2) is 4.98 Å². The number of benzene rings is 1. The molecule has 20 heavy (non-hydrogen) atoms. The predicted octanol–water partition coefficient (Wildman–Crippen LogP) is 1.81. The summed E-state index contributed by atoms with van der Waals surface area (Å²) < 4.78 is 1.76. The van der Waals surface area contributed by atoms with Crippen molar-refractivity contribution < 1.29 is 4.79 Å². The van der Waals surface area contributed by atoms with Gasteiger partial charge in [-0.2, -0.15) is 0 Å². The van der Waals surface area contributed by atoms with Gasteiger partial charge >= 0.3 is 0 Å². The number of hydrogen-bond donors (Lipinski definition) is 1. The lowest BCUT2D eigenvalue weighted by Gasteiger charge is -2.23. The van der Waals surface area contributed by atoms with E-state index in [2.05, 4.69) is 4.98 Å². The summed E-state index contributed by atoms with van der Waals surface area (Å²) in [6.45, 7) is 0.557. The number of hydrogen-bond acceptors (Lipinski definition) is 3. The zero-order valence-electron chi connectivity index (χ0n) is 11.5. The molecular formula is C15H18N4O. The number of aromatic nitrogens is 2. The number of nitrogen functional groups attached to an aromatic ring is 1. The molecule has 104 valence electrons. The fraction of sp³-hybridized carbons (Fsp3) is 0.333. The molecule has 5 nitrogen and oxygen atoms in total. The van der Waals surface area contributed by atoms with E-state index in [4.69, 9.17) is 5.73 Å². The van der Waals surface area contributed by atoms with E-state index in [-0.39, 0.29) is 5.91 Å². The molecule has 0 radical (unpaired) electrons. The van der Waals surface area contributed by atoms with Gasteiger partial charge < -0.3 is 15.2 Å². The lowest BCUT2D eigenvalue weighted by atomic mass is 10.1. The van der Waals surface area contributed by atoms with E-state index in [1.165, 1.54) is 0 Å². The molecule has 0 bridgehead atoms. The molecule has 1 saturated carbocycles. The molecular weight excluding hydrogens is 252 g/mol. The molecule has 0 unspecified atom stereocenters. The van der Waals surface area contributed by atoms with Crippen LogP contribution in [0.15, 0.2) is 36.8 Å². The molecule has 1 aliphatic carbocycles. The van der Waals surface area contributed by atoms with Crippen LogP contribution in [-0.4, -0.2) is 26.4 Å². The maximum absolute atomic E-state index is 12.6. The molecule has 0 saturated heterocycles. The van der Waals surface area contributed by atoms with E-state index >= 15 is 0 Å². The number of nitrogens with zero attached hydrogens (tertiary/aromatic N) is 3. The Balaban J connectivity index is 1.85. The van der Waals surface area contributed by atoms with E-state index in [1.807, 2.05) is 36.2 Å². The van der Waals surface area contributed by atoms with Crippen LogP contribution >= 0.6 is 0 Å². The molecule has 1 aromatic carbocycles. The van der Waals surface area contributed by atoms with Gasteiger partial charge in [0, 0.05) is 25.3 Å². The highest BCUT2D eigenvalue weighted by Crippen LogP contribution is 2.30. The Bertz CT molecular complexity index is 630. The molecule has 1 heterocycles. The number of imidazole rings is 1. The standard InChI is InChI=1S/C15H18N4O/c1-18-10-17-8-14(18)15(20)19(12-6-7-12)9-11-4-2-3-5-13(11)16/h2-5,8,10,12H,6-7,9,16H2,1H3. The lowest BCUT2D eigenvalue weighted by Crippen LogP contribution is -2.34. The third kappa shape index (κ3) is 2.39. The topological polar surface area (TPSA) is 64.2 Å². The first-order valence-electron chi connectivity index (χ1n) is 6.77. The average Bonchev–Trinajstić information content (AvgIpc) is 3.19. The first-order chi connectivity index (χ1) is 9.66. The number of rotatable bonds is 4. The van der Waals surface area contributed by atoms with E-state index in [0.717, 1.165) is 24.1 Å². The summed E-state index contributed by atoms with van der Waals surface area (Å²) in [4.78, 5) is 18.6. The van der Waals surface area contributed by atoms with Crippen LogP contribution in [-0.2, 0) is 13.6 Å². The molecule has 1 aromatic heterocycles. The van der Waals surface area contributed by atoms with Crippen molar-refractivity contribution in [1.29, 1.82) is 0 Å². The van der Waals surface area contributed by atoms with Crippen molar-refractivity contribution in [2.45, 2.75) is 25.4 Å². The first-order valence-corrected chi connectivity index (χ1v) is 6.77. The fourth-order valence-corrected chi connectivity index (χ4v) is 2.33. The number of anilines is 1. The summed E-state index contributed by atoms with van der Waals surface area (Å²) >= 11 is 0. The Morgan fingerprint density at radius 1 is 1.45 bits per heavy atom. The van der Waals surface area contributed by atoms with Gasteiger partial charge in [0.1, 0.15) is 5.69 Å². The van der Waals surface area contributed by atoms with Gasteiger partial charge in [-0.1, -0.05) is 18.2 Å². The number of aryl methyl sites for hydroxylation is 1. The smallest absolute Gasteiger partial charge is 0.272 e. The van der Waals surface area contributed by atoms with Gasteiger partial charge in [0.25, 0.3) is 5.91 Å². The number of carbonyl (C=O) groups is 1. The number of nitrogens with two attached hydrogens (primary N) is 1. The molecule has 5 heteroatoms. The van der Waals surface area contributed by atoms with Gasteiger partial charge in [0.15, 0.2) is 0 Å². The Morgan fingerprint density at radius 3 is 2.80 bits per heavy atom. The highest BCUT2D eigenvalue weighted by Gasteiger charge is 2.34. The van der Waals surface area contributed by atoms with Crippen LogP contribution < -0.4 is 5.73 Å². The SMILES string of the molecule is Cn1cncc1C(=O)N(Cc1ccccc1N)C1CC1. The van der Waals surface area contributed by atoms with Crippen LogP contribution in [0.1, 0.15) is 28.9 Å². The van der Waals surface area contributed by atoms with Gasteiger partial charge in [0.05, 0.1) is 12.5 Å². The van der Waals surface area contributed by atoms with Crippen LogP contribution in [0.2, 0.25) is 0 Å². The second-order valence-electron chi connectivity index (χ2n) is 5.25. The van der Waals surface area contributed by atoms with Crippen LogP contribution in [0.3, 0.4) is 0 Å². The molecule has 1 fully saturated rings. The number of para-hydroxylation sites is 1. The van der Waals surface area contributed by atoms with E-state index in [1.54, 1.807) is 17.1 Å². The number of carbonyl (C=O) groups excluding carboxylic acids is 1. The second-order valence-corrected chi connectivity index (χ2v) is 5.25.